The summed E-state index contributed by atoms with van der Waals surface area (Å²) < 4.78 is 0. The first kappa shape index (κ1) is 16.0. The van der Waals surface area contributed by atoms with Crippen LogP contribution in [-0.4, -0.2) is 29.5 Å². The van der Waals surface area contributed by atoms with E-state index in [2.05, 4.69) is 6.92 Å². The van der Waals surface area contributed by atoms with E-state index in [0.717, 1.165) is 23.2 Å². The molecular formula is C15H22ClNO2. The minimum absolute atomic E-state index is 0.0484. The van der Waals surface area contributed by atoms with Gasteiger partial charge in [-0.05, 0) is 37.8 Å². The van der Waals surface area contributed by atoms with Crippen LogP contribution in [0.5, 0.6) is 0 Å². The van der Waals surface area contributed by atoms with Crippen molar-refractivity contribution in [3.63, 3.8) is 0 Å². The summed E-state index contributed by atoms with van der Waals surface area (Å²) in [6.07, 6.45) is 1.40. The Morgan fingerprint density at radius 2 is 2.16 bits per heavy atom. The number of anilines is 1. The number of carbonyl (C=O) groups is 1. The number of aliphatic hydroxyl groups excluding tert-OH is 1. The average molecular weight is 284 g/mol. The van der Waals surface area contributed by atoms with Crippen LogP contribution in [0.15, 0.2) is 18.2 Å². The molecule has 0 spiro atoms. The van der Waals surface area contributed by atoms with Gasteiger partial charge in [-0.3, -0.25) is 4.79 Å². The van der Waals surface area contributed by atoms with Crippen molar-refractivity contribution in [2.45, 2.75) is 39.7 Å². The van der Waals surface area contributed by atoms with Gasteiger partial charge in [0, 0.05) is 12.6 Å². The fraction of sp³-hybridized carbons (Fsp3) is 0.533. The van der Waals surface area contributed by atoms with Crippen LogP contribution in [0.3, 0.4) is 0 Å². The summed E-state index contributed by atoms with van der Waals surface area (Å²) in [6.45, 7) is 6.06. The lowest BCUT2D eigenvalue weighted by molar-refractivity contribution is -0.116. The molecule has 3 nitrogen and oxygen atoms in total. The molecule has 0 aliphatic heterocycles. The summed E-state index contributed by atoms with van der Waals surface area (Å²) in [4.78, 5) is 13.9. The number of carbonyl (C=O) groups excluding carboxylic acids is 1. The molecule has 106 valence electrons. The van der Waals surface area contributed by atoms with E-state index in [1.165, 1.54) is 0 Å². The van der Waals surface area contributed by atoms with Gasteiger partial charge in [-0.2, -0.15) is 0 Å². The molecule has 0 fully saturated rings. The zero-order chi connectivity index (χ0) is 14.4. The Morgan fingerprint density at radius 3 is 2.68 bits per heavy atom. The fourth-order valence-electron chi connectivity index (χ4n) is 2.32. The maximum Gasteiger partial charge on any atom is 0.242 e. The Labute approximate surface area is 120 Å². The summed E-state index contributed by atoms with van der Waals surface area (Å²) >= 11 is 5.74. The van der Waals surface area contributed by atoms with Crippen molar-refractivity contribution in [3.8, 4) is 0 Å². The van der Waals surface area contributed by atoms with E-state index in [9.17, 15) is 4.79 Å². The van der Waals surface area contributed by atoms with Crippen molar-refractivity contribution in [2.24, 2.45) is 0 Å². The van der Waals surface area contributed by atoms with Crippen LogP contribution >= 0.6 is 11.6 Å². The van der Waals surface area contributed by atoms with E-state index in [0.29, 0.717) is 6.42 Å². The molecule has 0 aliphatic rings. The van der Waals surface area contributed by atoms with Gasteiger partial charge in [-0.25, -0.2) is 0 Å². The predicted molar refractivity (Wildman–Crippen MR) is 79.9 cm³/mol. The number of alkyl halides is 1. The molecule has 0 saturated carbocycles. The second kappa shape index (κ2) is 7.51. The van der Waals surface area contributed by atoms with Crippen LogP contribution < -0.4 is 4.90 Å². The summed E-state index contributed by atoms with van der Waals surface area (Å²) in [5.74, 6) is -0.167. The van der Waals surface area contributed by atoms with Gasteiger partial charge in [0.1, 0.15) is 5.88 Å². The van der Waals surface area contributed by atoms with E-state index in [1.807, 2.05) is 32.0 Å². The van der Waals surface area contributed by atoms with Crippen molar-refractivity contribution in [2.75, 3.05) is 17.4 Å². The molecule has 0 aliphatic carbocycles. The molecule has 0 saturated heterocycles. The standard InChI is InChI=1S/C15H22ClNO2/c1-4-13-7-5-6-11(2)15(13)17(14(19)10-16)12(3)8-9-18/h5-7,12,18H,4,8-10H2,1-3H3/t12-/m0/s1. The third-order valence-electron chi connectivity index (χ3n) is 3.31. The maximum absolute atomic E-state index is 12.2. The number of nitrogens with zero attached hydrogens (tertiary/aromatic N) is 1. The molecule has 1 atom stereocenters. The number of benzene rings is 1. The van der Waals surface area contributed by atoms with Crippen LogP contribution in [0.2, 0.25) is 0 Å². The highest BCUT2D eigenvalue weighted by Crippen LogP contribution is 2.28. The molecule has 1 N–H and O–H groups in total. The minimum Gasteiger partial charge on any atom is -0.396 e. The normalized spacial score (nSPS) is 12.3. The fourth-order valence-corrected chi connectivity index (χ4v) is 2.45. The Balaban J connectivity index is 3.28. The van der Waals surface area contributed by atoms with Crippen LogP contribution in [-0.2, 0) is 11.2 Å². The Bertz CT molecular complexity index is 434. The van der Waals surface area contributed by atoms with Gasteiger partial charge in [0.05, 0.1) is 5.69 Å². The number of hydrogen-bond acceptors (Lipinski definition) is 2. The monoisotopic (exact) mass is 283 g/mol. The predicted octanol–water partition coefficient (Wildman–Crippen LogP) is 2.90. The van der Waals surface area contributed by atoms with E-state index >= 15 is 0 Å². The minimum atomic E-state index is -0.119. The lowest BCUT2D eigenvalue weighted by Crippen LogP contribution is -2.41. The van der Waals surface area contributed by atoms with Gasteiger partial charge in [0.2, 0.25) is 5.91 Å². The van der Waals surface area contributed by atoms with Gasteiger partial charge in [-0.1, -0.05) is 25.1 Å². The third kappa shape index (κ3) is 3.71. The molecule has 1 aromatic carbocycles. The molecule has 1 aromatic rings. The van der Waals surface area contributed by atoms with Gasteiger partial charge >= 0.3 is 0 Å². The van der Waals surface area contributed by atoms with Crippen LogP contribution in [0.25, 0.3) is 0 Å². The molecule has 1 amide bonds. The number of halogens is 1. The zero-order valence-electron chi connectivity index (χ0n) is 11.8. The van der Waals surface area contributed by atoms with Gasteiger partial charge in [0.25, 0.3) is 0 Å². The summed E-state index contributed by atoms with van der Waals surface area (Å²) in [5, 5.41) is 9.11. The molecule has 0 unspecified atom stereocenters. The van der Waals surface area contributed by atoms with Crippen LogP contribution in [0.1, 0.15) is 31.4 Å². The van der Waals surface area contributed by atoms with Crippen molar-refractivity contribution in [1.29, 1.82) is 0 Å². The highest BCUT2D eigenvalue weighted by molar-refractivity contribution is 6.29. The lowest BCUT2D eigenvalue weighted by Gasteiger charge is -2.31. The van der Waals surface area contributed by atoms with E-state index < -0.39 is 0 Å². The van der Waals surface area contributed by atoms with E-state index in [-0.39, 0.29) is 24.4 Å². The molecule has 4 heteroatoms. The SMILES string of the molecule is CCc1cccc(C)c1N(C(=O)CCl)[C@@H](C)CCO. The Hall–Kier alpha value is -1.06. The first-order chi connectivity index (χ1) is 9.06. The van der Waals surface area contributed by atoms with Gasteiger partial charge < -0.3 is 10.0 Å². The van der Waals surface area contributed by atoms with E-state index in [4.69, 9.17) is 16.7 Å². The zero-order valence-corrected chi connectivity index (χ0v) is 12.6. The van der Waals surface area contributed by atoms with Crippen molar-refractivity contribution in [1.82, 2.24) is 0 Å². The molecular weight excluding hydrogens is 262 g/mol. The van der Waals surface area contributed by atoms with E-state index in [1.54, 1.807) is 4.90 Å². The number of aryl methyl sites for hydroxylation is 2. The van der Waals surface area contributed by atoms with Crippen LogP contribution in [0.4, 0.5) is 5.69 Å². The summed E-state index contributed by atoms with van der Waals surface area (Å²) in [5.41, 5.74) is 3.13. The van der Waals surface area contributed by atoms with Gasteiger partial charge in [0.15, 0.2) is 0 Å². The van der Waals surface area contributed by atoms with Crippen molar-refractivity contribution < 1.29 is 9.90 Å². The third-order valence-corrected chi connectivity index (χ3v) is 3.54. The Kier molecular flexibility index (Phi) is 6.32. The van der Waals surface area contributed by atoms with Crippen molar-refractivity contribution >= 4 is 23.2 Å². The highest BCUT2D eigenvalue weighted by atomic mass is 35.5. The molecule has 0 radical (unpaired) electrons. The largest absolute Gasteiger partial charge is 0.396 e. The molecule has 0 heterocycles. The van der Waals surface area contributed by atoms with Gasteiger partial charge in [-0.15, -0.1) is 11.6 Å². The number of amides is 1. The maximum atomic E-state index is 12.2. The molecule has 0 aromatic heterocycles. The Morgan fingerprint density at radius 1 is 1.47 bits per heavy atom. The number of rotatable bonds is 6. The first-order valence-electron chi connectivity index (χ1n) is 6.64. The lowest BCUT2D eigenvalue weighted by atomic mass is 10.0. The summed E-state index contributed by atoms with van der Waals surface area (Å²) in [7, 11) is 0. The number of hydrogen-bond donors (Lipinski definition) is 1. The smallest absolute Gasteiger partial charge is 0.242 e. The molecule has 1 rings (SSSR count). The number of aliphatic hydroxyl groups is 1. The van der Waals surface area contributed by atoms with Crippen LogP contribution in [0, 0.1) is 6.92 Å². The average Bonchev–Trinajstić information content (AvgIpc) is 2.40. The highest BCUT2D eigenvalue weighted by Gasteiger charge is 2.24. The summed E-state index contributed by atoms with van der Waals surface area (Å²) in [6, 6.07) is 5.96. The molecule has 0 bridgehead atoms. The first-order valence-corrected chi connectivity index (χ1v) is 7.17. The second-order valence-electron chi connectivity index (χ2n) is 4.69. The van der Waals surface area contributed by atoms with Crippen molar-refractivity contribution in [3.05, 3.63) is 29.3 Å². The molecule has 19 heavy (non-hydrogen) atoms. The topological polar surface area (TPSA) is 40.5 Å². The number of para-hydroxylation sites is 1. The second-order valence-corrected chi connectivity index (χ2v) is 4.96. The quantitative estimate of drug-likeness (QED) is 0.816.